The average molecular weight is 319 g/mol. The van der Waals surface area contributed by atoms with E-state index in [1.54, 1.807) is 6.20 Å². The summed E-state index contributed by atoms with van der Waals surface area (Å²) in [6.07, 6.45) is 2.09. The minimum Gasteiger partial charge on any atom is -0.324 e. The SMILES string of the molecule is N[C@H]1C[n+]2c([nH]c3cccnc32)C[C@@H]1c1cc(F)c(F)cc1F. The Balaban J connectivity index is 1.79. The molecule has 0 amide bonds. The lowest BCUT2D eigenvalue weighted by Gasteiger charge is -2.27. The summed E-state index contributed by atoms with van der Waals surface area (Å²) in [5.41, 5.74) is 7.94. The summed E-state index contributed by atoms with van der Waals surface area (Å²) < 4.78 is 42.7. The molecule has 118 valence electrons. The highest BCUT2D eigenvalue weighted by Crippen LogP contribution is 2.30. The molecule has 2 aromatic heterocycles. The van der Waals surface area contributed by atoms with Crippen LogP contribution >= 0.6 is 0 Å². The number of hydrogen-bond donors (Lipinski definition) is 2. The van der Waals surface area contributed by atoms with Gasteiger partial charge in [0.1, 0.15) is 12.0 Å². The van der Waals surface area contributed by atoms with E-state index in [1.807, 2.05) is 16.7 Å². The number of rotatable bonds is 1. The second-order valence-electron chi connectivity index (χ2n) is 5.82. The Bertz CT molecular complexity index is 906. The Morgan fingerprint density at radius 1 is 1.17 bits per heavy atom. The number of imidazole rings is 1. The van der Waals surface area contributed by atoms with Gasteiger partial charge in [0, 0.05) is 24.4 Å². The van der Waals surface area contributed by atoms with Gasteiger partial charge >= 0.3 is 5.65 Å². The second-order valence-corrected chi connectivity index (χ2v) is 5.82. The van der Waals surface area contributed by atoms with Crippen LogP contribution in [0.4, 0.5) is 13.2 Å². The van der Waals surface area contributed by atoms with Gasteiger partial charge in [-0.1, -0.05) is 0 Å². The molecule has 4 rings (SSSR count). The van der Waals surface area contributed by atoms with Crippen molar-refractivity contribution >= 4 is 11.2 Å². The molecule has 3 heterocycles. The van der Waals surface area contributed by atoms with Crippen molar-refractivity contribution in [2.75, 3.05) is 0 Å². The molecule has 23 heavy (non-hydrogen) atoms. The predicted molar refractivity (Wildman–Crippen MR) is 77.0 cm³/mol. The van der Waals surface area contributed by atoms with Crippen LogP contribution in [-0.2, 0) is 13.0 Å². The fourth-order valence-electron chi connectivity index (χ4n) is 3.28. The number of benzene rings is 1. The topological polar surface area (TPSA) is 58.6 Å². The normalized spacial score (nSPS) is 20.7. The van der Waals surface area contributed by atoms with E-state index in [2.05, 4.69) is 9.97 Å². The van der Waals surface area contributed by atoms with E-state index in [1.165, 1.54) is 0 Å². The first-order valence-electron chi connectivity index (χ1n) is 7.30. The van der Waals surface area contributed by atoms with Crippen LogP contribution in [0.25, 0.3) is 11.2 Å². The lowest BCUT2D eigenvalue weighted by Crippen LogP contribution is -2.53. The molecule has 0 saturated heterocycles. The molecule has 0 saturated carbocycles. The summed E-state index contributed by atoms with van der Waals surface area (Å²) in [6.45, 7) is 0.426. The zero-order chi connectivity index (χ0) is 16.1. The first-order valence-corrected chi connectivity index (χ1v) is 7.30. The zero-order valence-electron chi connectivity index (χ0n) is 12.1. The van der Waals surface area contributed by atoms with Crippen LogP contribution < -0.4 is 10.3 Å². The molecule has 4 nitrogen and oxygen atoms in total. The number of aromatic nitrogens is 3. The summed E-state index contributed by atoms with van der Waals surface area (Å²) in [5.74, 6) is -2.62. The fourth-order valence-corrected chi connectivity index (χ4v) is 3.28. The molecule has 3 aromatic rings. The van der Waals surface area contributed by atoms with E-state index >= 15 is 0 Å². The third-order valence-corrected chi connectivity index (χ3v) is 4.41. The molecule has 7 heteroatoms. The van der Waals surface area contributed by atoms with Crippen LogP contribution in [0.1, 0.15) is 17.3 Å². The van der Waals surface area contributed by atoms with Crippen molar-refractivity contribution in [1.29, 1.82) is 0 Å². The standard InChI is InChI=1S/C16H13F3N4/c17-10-6-12(19)11(18)4-8(10)9-5-15-22-14-2-1-3-21-16(14)23(15)7-13(9)20/h1-4,6,9,13H,5,7,20H2/p+1/t9-,13+/m1/s1. The zero-order valence-corrected chi connectivity index (χ0v) is 12.1. The van der Waals surface area contributed by atoms with Gasteiger partial charge in [-0.25, -0.2) is 17.7 Å². The van der Waals surface area contributed by atoms with Crippen molar-refractivity contribution in [3.05, 3.63) is 59.3 Å². The molecule has 1 aromatic carbocycles. The molecule has 0 fully saturated rings. The number of aromatic amines is 1. The molecular formula is C16H14F3N4+. The number of nitrogens with one attached hydrogen (secondary N) is 1. The average Bonchev–Trinajstić information content (AvgIpc) is 2.88. The largest absolute Gasteiger partial charge is 0.324 e. The Labute approximate surface area is 129 Å². The highest BCUT2D eigenvalue weighted by Gasteiger charge is 2.35. The van der Waals surface area contributed by atoms with Crippen LogP contribution in [0.5, 0.6) is 0 Å². The summed E-state index contributed by atoms with van der Waals surface area (Å²) in [5, 5.41) is 0. The third-order valence-electron chi connectivity index (χ3n) is 4.41. The van der Waals surface area contributed by atoms with E-state index in [4.69, 9.17) is 5.73 Å². The summed E-state index contributed by atoms with van der Waals surface area (Å²) in [7, 11) is 0. The smallest absolute Gasteiger partial charge is 0.301 e. The van der Waals surface area contributed by atoms with Gasteiger partial charge in [0.25, 0.3) is 0 Å². The van der Waals surface area contributed by atoms with Crippen molar-refractivity contribution < 1.29 is 17.7 Å². The minimum atomic E-state index is -1.19. The first kappa shape index (κ1) is 14.2. The van der Waals surface area contributed by atoms with Crippen molar-refractivity contribution in [1.82, 2.24) is 9.97 Å². The highest BCUT2D eigenvalue weighted by molar-refractivity contribution is 5.66. The van der Waals surface area contributed by atoms with Crippen LogP contribution in [-0.4, -0.2) is 16.0 Å². The Morgan fingerprint density at radius 3 is 2.78 bits per heavy atom. The van der Waals surface area contributed by atoms with Crippen LogP contribution in [0.15, 0.2) is 30.5 Å². The maximum absolute atomic E-state index is 14.1. The minimum absolute atomic E-state index is 0.106. The molecular weight excluding hydrogens is 305 g/mol. The van der Waals surface area contributed by atoms with Gasteiger partial charge in [-0.3, -0.25) is 4.98 Å². The number of halogens is 3. The molecule has 0 bridgehead atoms. The fraction of sp³-hybridized carbons (Fsp3) is 0.250. The van der Waals surface area contributed by atoms with Gasteiger partial charge in [0.2, 0.25) is 5.82 Å². The lowest BCUT2D eigenvalue weighted by molar-refractivity contribution is -0.688. The molecule has 0 aliphatic carbocycles. The lowest BCUT2D eigenvalue weighted by atomic mass is 9.86. The number of pyridine rings is 1. The summed E-state index contributed by atoms with van der Waals surface area (Å²) in [4.78, 5) is 7.56. The number of H-pyrrole nitrogens is 1. The number of hydrogen-bond acceptors (Lipinski definition) is 2. The van der Waals surface area contributed by atoms with Gasteiger partial charge in [0.15, 0.2) is 17.2 Å². The highest BCUT2D eigenvalue weighted by atomic mass is 19.2. The maximum Gasteiger partial charge on any atom is 0.301 e. The summed E-state index contributed by atoms with van der Waals surface area (Å²) >= 11 is 0. The van der Waals surface area contributed by atoms with E-state index in [9.17, 15) is 13.2 Å². The number of nitrogens with zero attached hydrogens (tertiary/aromatic N) is 2. The molecule has 0 radical (unpaired) electrons. The number of nitrogens with two attached hydrogens (primary N) is 1. The van der Waals surface area contributed by atoms with Crippen LogP contribution in [0, 0.1) is 17.5 Å². The second kappa shape index (κ2) is 5.06. The first-order chi connectivity index (χ1) is 11.0. The monoisotopic (exact) mass is 319 g/mol. The molecule has 1 aliphatic heterocycles. The molecule has 1 aliphatic rings. The van der Waals surface area contributed by atoms with E-state index < -0.39 is 29.4 Å². The quantitative estimate of drug-likeness (QED) is 0.532. The van der Waals surface area contributed by atoms with Crippen molar-refractivity contribution in [2.24, 2.45) is 5.73 Å². The Kier molecular flexibility index (Phi) is 3.12. The van der Waals surface area contributed by atoms with Gasteiger partial charge in [0.05, 0.1) is 6.54 Å². The summed E-state index contributed by atoms with van der Waals surface area (Å²) in [6, 6.07) is 4.77. The number of fused-ring (bicyclic) bond motifs is 3. The Hall–Kier alpha value is -2.41. The molecule has 3 N–H and O–H groups in total. The van der Waals surface area contributed by atoms with Gasteiger partial charge in [-0.15, -0.1) is 4.98 Å². The van der Waals surface area contributed by atoms with Gasteiger partial charge in [-0.2, -0.15) is 0 Å². The van der Waals surface area contributed by atoms with Crippen molar-refractivity contribution in [3.63, 3.8) is 0 Å². The predicted octanol–water partition coefficient (Wildman–Crippen LogP) is 1.93. The Morgan fingerprint density at radius 2 is 1.96 bits per heavy atom. The van der Waals surface area contributed by atoms with Crippen molar-refractivity contribution in [2.45, 2.75) is 24.9 Å². The van der Waals surface area contributed by atoms with Gasteiger partial charge in [-0.05, 0) is 23.8 Å². The van der Waals surface area contributed by atoms with E-state index in [0.717, 1.165) is 23.1 Å². The van der Waals surface area contributed by atoms with Crippen molar-refractivity contribution in [3.8, 4) is 0 Å². The van der Waals surface area contributed by atoms with E-state index in [-0.39, 0.29) is 5.56 Å². The van der Waals surface area contributed by atoms with Crippen LogP contribution in [0.3, 0.4) is 0 Å². The van der Waals surface area contributed by atoms with Crippen LogP contribution in [0.2, 0.25) is 0 Å². The molecule has 0 unspecified atom stereocenters. The molecule has 2 atom stereocenters. The third kappa shape index (κ3) is 2.19. The van der Waals surface area contributed by atoms with E-state index in [0.29, 0.717) is 19.0 Å². The molecule has 0 spiro atoms. The van der Waals surface area contributed by atoms with Gasteiger partial charge < -0.3 is 5.73 Å². The maximum atomic E-state index is 14.1.